The molecule has 122 valence electrons. The average Bonchev–Trinajstić information content (AvgIpc) is 2.56. The maximum absolute atomic E-state index is 11.3. The lowest BCUT2D eigenvalue weighted by atomic mass is 10.0. The number of halogens is 1. The van der Waals surface area contributed by atoms with Crippen LogP contribution in [0.1, 0.15) is 25.8 Å². The summed E-state index contributed by atoms with van der Waals surface area (Å²) in [5.41, 5.74) is -0.274. The quantitative estimate of drug-likeness (QED) is 0.807. The highest BCUT2D eigenvalue weighted by Gasteiger charge is 2.33. The standard InChI is InChI=1S/C18H19ClO4/c1-3-18(2,17(20)21)23-14-9-10-15(19)16(11-14)22-12-13-7-5-4-6-8-13/h4-11H,3,12H2,1-2H3,(H,20,21)/t18-/m0/s1. The molecule has 0 spiro atoms. The summed E-state index contributed by atoms with van der Waals surface area (Å²) in [6.07, 6.45) is 0.338. The van der Waals surface area contributed by atoms with Crippen molar-refractivity contribution in [3.63, 3.8) is 0 Å². The van der Waals surface area contributed by atoms with Gasteiger partial charge in [0.05, 0.1) is 5.02 Å². The lowest BCUT2D eigenvalue weighted by molar-refractivity contribution is -0.154. The molecule has 0 radical (unpaired) electrons. The van der Waals surface area contributed by atoms with Gasteiger partial charge in [-0.2, -0.15) is 0 Å². The highest BCUT2D eigenvalue weighted by atomic mass is 35.5. The van der Waals surface area contributed by atoms with E-state index in [9.17, 15) is 9.90 Å². The van der Waals surface area contributed by atoms with Crippen LogP contribution in [0.3, 0.4) is 0 Å². The van der Waals surface area contributed by atoms with Crippen molar-refractivity contribution in [3.05, 3.63) is 59.1 Å². The number of carboxylic acids is 1. The normalized spacial score (nSPS) is 13.2. The molecule has 0 bridgehead atoms. The summed E-state index contributed by atoms with van der Waals surface area (Å²) in [5, 5.41) is 9.73. The van der Waals surface area contributed by atoms with E-state index in [-0.39, 0.29) is 0 Å². The maximum Gasteiger partial charge on any atom is 0.347 e. The molecule has 0 saturated heterocycles. The van der Waals surface area contributed by atoms with Gasteiger partial charge < -0.3 is 14.6 Å². The Bertz CT molecular complexity index is 672. The Morgan fingerprint density at radius 1 is 1.22 bits per heavy atom. The molecule has 2 rings (SSSR count). The number of rotatable bonds is 7. The third-order valence-electron chi connectivity index (χ3n) is 3.61. The lowest BCUT2D eigenvalue weighted by Gasteiger charge is -2.25. The monoisotopic (exact) mass is 334 g/mol. The minimum Gasteiger partial charge on any atom is -0.487 e. The van der Waals surface area contributed by atoms with Crippen molar-refractivity contribution in [2.45, 2.75) is 32.5 Å². The van der Waals surface area contributed by atoms with E-state index in [0.29, 0.717) is 29.5 Å². The van der Waals surface area contributed by atoms with Gasteiger partial charge in [-0.15, -0.1) is 0 Å². The van der Waals surface area contributed by atoms with Gasteiger partial charge in [-0.25, -0.2) is 4.79 Å². The second-order valence-electron chi connectivity index (χ2n) is 5.36. The average molecular weight is 335 g/mol. The number of ether oxygens (including phenoxy) is 2. The molecule has 0 saturated carbocycles. The Labute approximate surface area is 140 Å². The first-order valence-electron chi connectivity index (χ1n) is 7.33. The first-order valence-corrected chi connectivity index (χ1v) is 7.71. The van der Waals surface area contributed by atoms with Crippen LogP contribution >= 0.6 is 11.6 Å². The van der Waals surface area contributed by atoms with E-state index in [1.54, 1.807) is 25.1 Å². The third kappa shape index (κ3) is 4.39. The Kier molecular flexibility index (Phi) is 5.50. The second-order valence-corrected chi connectivity index (χ2v) is 5.77. The highest BCUT2D eigenvalue weighted by molar-refractivity contribution is 6.32. The number of hydrogen-bond acceptors (Lipinski definition) is 3. The van der Waals surface area contributed by atoms with Gasteiger partial charge in [-0.05, 0) is 31.0 Å². The zero-order valence-corrected chi connectivity index (χ0v) is 13.8. The van der Waals surface area contributed by atoms with Crippen molar-refractivity contribution in [2.75, 3.05) is 0 Å². The predicted octanol–water partition coefficient (Wildman–Crippen LogP) is 4.55. The Balaban J connectivity index is 2.14. The van der Waals surface area contributed by atoms with Gasteiger partial charge in [0.1, 0.15) is 18.1 Å². The first kappa shape index (κ1) is 17.2. The fourth-order valence-corrected chi connectivity index (χ4v) is 2.09. The molecular weight excluding hydrogens is 316 g/mol. The molecule has 23 heavy (non-hydrogen) atoms. The van der Waals surface area contributed by atoms with Crippen LogP contribution in [0.4, 0.5) is 0 Å². The molecule has 1 N–H and O–H groups in total. The van der Waals surface area contributed by atoms with Crippen LogP contribution in [-0.2, 0) is 11.4 Å². The number of hydrogen-bond donors (Lipinski definition) is 1. The molecule has 4 nitrogen and oxygen atoms in total. The van der Waals surface area contributed by atoms with Crippen LogP contribution in [0.5, 0.6) is 11.5 Å². The highest BCUT2D eigenvalue weighted by Crippen LogP contribution is 2.32. The van der Waals surface area contributed by atoms with Gasteiger partial charge in [0.25, 0.3) is 0 Å². The van der Waals surface area contributed by atoms with Gasteiger partial charge >= 0.3 is 5.97 Å². The van der Waals surface area contributed by atoms with Gasteiger partial charge in [0.15, 0.2) is 0 Å². The predicted molar refractivity (Wildman–Crippen MR) is 89.2 cm³/mol. The third-order valence-corrected chi connectivity index (χ3v) is 3.92. The summed E-state index contributed by atoms with van der Waals surface area (Å²) in [6, 6.07) is 14.6. The lowest BCUT2D eigenvalue weighted by Crippen LogP contribution is -2.40. The topological polar surface area (TPSA) is 55.8 Å². The summed E-state index contributed by atoms with van der Waals surface area (Å²) in [7, 11) is 0. The summed E-state index contributed by atoms with van der Waals surface area (Å²) >= 11 is 6.13. The maximum atomic E-state index is 11.3. The van der Waals surface area contributed by atoms with Crippen LogP contribution in [0.2, 0.25) is 5.02 Å². The molecule has 2 aromatic carbocycles. The van der Waals surface area contributed by atoms with Crippen LogP contribution in [0.25, 0.3) is 0 Å². The Morgan fingerprint density at radius 3 is 2.52 bits per heavy atom. The van der Waals surface area contributed by atoms with E-state index in [2.05, 4.69) is 0 Å². The molecule has 0 aliphatic rings. The Hall–Kier alpha value is -2.20. The van der Waals surface area contributed by atoms with E-state index in [0.717, 1.165) is 5.56 Å². The van der Waals surface area contributed by atoms with Crippen molar-refractivity contribution < 1.29 is 19.4 Å². The molecule has 0 amide bonds. The van der Waals surface area contributed by atoms with Gasteiger partial charge in [-0.3, -0.25) is 0 Å². The SMILES string of the molecule is CC[C@](C)(Oc1ccc(Cl)c(OCc2ccccc2)c1)C(=O)O. The van der Waals surface area contributed by atoms with Crippen molar-refractivity contribution in [3.8, 4) is 11.5 Å². The van der Waals surface area contributed by atoms with Crippen LogP contribution in [0.15, 0.2) is 48.5 Å². The Morgan fingerprint density at radius 2 is 1.91 bits per heavy atom. The number of carbonyl (C=O) groups is 1. The van der Waals surface area contributed by atoms with E-state index in [1.807, 2.05) is 30.3 Å². The van der Waals surface area contributed by atoms with Crippen molar-refractivity contribution in [2.24, 2.45) is 0 Å². The van der Waals surface area contributed by atoms with Crippen LogP contribution in [0, 0.1) is 0 Å². The minimum atomic E-state index is -1.29. The smallest absolute Gasteiger partial charge is 0.347 e. The van der Waals surface area contributed by atoms with Crippen LogP contribution < -0.4 is 9.47 Å². The van der Waals surface area contributed by atoms with E-state index >= 15 is 0 Å². The fraction of sp³-hybridized carbons (Fsp3) is 0.278. The molecule has 1 atom stereocenters. The van der Waals surface area contributed by atoms with Gasteiger partial charge in [0.2, 0.25) is 5.60 Å². The summed E-state index contributed by atoms with van der Waals surface area (Å²) in [4.78, 5) is 11.3. The zero-order chi connectivity index (χ0) is 16.9. The van der Waals surface area contributed by atoms with E-state index in [4.69, 9.17) is 21.1 Å². The largest absolute Gasteiger partial charge is 0.487 e. The summed E-state index contributed by atoms with van der Waals surface area (Å²) in [5.74, 6) is -0.150. The van der Waals surface area contributed by atoms with E-state index in [1.165, 1.54) is 6.92 Å². The molecule has 0 aliphatic carbocycles. The minimum absolute atomic E-state index is 0.338. The second kappa shape index (κ2) is 7.38. The van der Waals surface area contributed by atoms with Crippen molar-refractivity contribution in [1.29, 1.82) is 0 Å². The summed E-state index contributed by atoms with van der Waals surface area (Å²) in [6.45, 7) is 3.67. The number of aliphatic carboxylic acids is 1. The molecule has 2 aromatic rings. The fourth-order valence-electron chi connectivity index (χ4n) is 1.92. The van der Waals surface area contributed by atoms with Crippen molar-refractivity contribution >= 4 is 17.6 Å². The molecule has 0 fully saturated rings. The molecule has 0 aromatic heterocycles. The summed E-state index contributed by atoms with van der Waals surface area (Å²) < 4.78 is 11.3. The number of carboxylic acid groups (broad SMARTS) is 1. The van der Waals surface area contributed by atoms with Gasteiger partial charge in [0, 0.05) is 6.07 Å². The van der Waals surface area contributed by atoms with Crippen molar-refractivity contribution in [1.82, 2.24) is 0 Å². The first-order chi connectivity index (χ1) is 10.9. The van der Waals surface area contributed by atoms with E-state index < -0.39 is 11.6 Å². The molecule has 0 unspecified atom stereocenters. The molecule has 0 aliphatic heterocycles. The molecule has 5 heteroatoms. The zero-order valence-electron chi connectivity index (χ0n) is 13.1. The number of benzene rings is 2. The molecular formula is C18H19ClO4. The van der Waals surface area contributed by atoms with Gasteiger partial charge in [-0.1, -0.05) is 48.9 Å². The van der Waals surface area contributed by atoms with Crippen LogP contribution in [-0.4, -0.2) is 16.7 Å². The molecule has 0 heterocycles.